The minimum atomic E-state index is 0.299. The fraction of sp³-hybridized carbons (Fsp3) is 0.625. The van der Waals surface area contributed by atoms with Gasteiger partial charge in [0.15, 0.2) is 0 Å². The molecule has 1 aliphatic rings. The highest BCUT2D eigenvalue weighted by molar-refractivity contribution is 6.31. The summed E-state index contributed by atoms with van der Waals surface area (Å²) in [7, 11) is 2.19. The van der Waals surface area contributed by atoms with Crippen LogP contribution in [0.15, 0.2) is 18.2 Å². The Hall–Kier alpha value is -0.770. The van der Waals surface area contributed by atoms with Gasteiger partial charge < -0.3 is 15.1 Å². The molecule has 2 rings (SSSR count). The normalized spacial score (nSPS) is 22.1. The molecule has 0 amide bonds. The number of likely N-dealkylation sites (N-methyl/N-ethyl adjacent to an activating group) is 1. The molecule has 1 saturated heterocycles. The predicted octanol–water partition coefficient (Wildman–Crippen LogP) is 3.15. The molecule has 1 aromatic carbocycles. The van der Waals surface area contributed by atoms with Crippen LogP contribution in [0.5, 0.6) is 0 Å². The van der Waals surface area contributed by atoms with E-state index < -0.39 is 0 Å². The molecule has 112 valence electrons. The SMILES string of the molecule is CCNC(C)c1ccc(N2CCN(C)C(C)C2)cc1Cl. The van der Waals surface area contributed by atoms with Gasteiger partial charge in [0.1, 0.15) is 0 Å². The molecule has 2 unspecified atom stereocenters. The molecule has 1 aromatic rings. The van der Waals surface area contributed by atoms with E-state index in [0.717, 1.165) is 31.2 Å². The van der Waals surface area contributed by atoms with E-state index in [1.807, 2.05) is 0 Å². The van der Waals surface area contributed by atoms with Crippen LogP contribution in [0.1, 0.15) is 32.4 Å². The Labute approximate surface area is 127 Å². The smallest absolute Gasteiger partial charge is 0.0474 e. The summed E-state index contributed by atoms with van der Waals surface area (Å²) >= 11 is 6.47. The van der Waals surface area contributed by atoms with E-state index in [2.05, 4.69) is 61.1 Å². The Balaban J connectivity index is 2.13. The lowest BCUT2D eigenvalue weighted by Crippen LogP contribution is -2.50. The number of nitrogens with zero attached hydrogens (tertiary/aromatic N) is 2. The zero-order valence-corrected chi connectivity index (χ0v) is 13.7. The van der Waals surface area contributed by atoms with Gasteiger partial charge in [0.25, 0.3) is 0 Å². The van der Waals surface area contributed by atoms with E-state index in [4.69, 9.17) is 11.6 Å². The standard InChI is InChI=1S/C16H26ClN3/c1-5-18-13(3)15-7-6-14(10-16(15)17)20-9-8-19(4)12(2)11-20/h6-7,10,12-13,18H,5,8-9,11H2,1-4H3. The fourth-order valence-corrected chi connectivity index (χ4v) is 3.10. The Morgan fingerprint density at radius 1 is 1.40 bits per heavy atom. The van der Waals surface area contributed by atoms with Crippen molar-refractivity contribution in [3.05, 3.63) is 28.8 Å². The van der Waals surface area contributed by atoms with Crippen molar-refractivity contribution in [3.8, 4) is 0 Å². The van der Waals surface area contributed by atoms with Crippen molar-refractivity contribution in [1.29, 1.82) is 0 Å². The molecule has 0 aliphatic carbocycles. The van der Waals surface area contributed by atoms with Gasteiger partial charge in [-0.3, -0.25) is 0 Å². The number of nitrogens with one attached hydrogen (secondary N) is 1. The molecule has 0 bridgehead atoms. The average Bonchev–Trinajstić information content (AvgIpc) is 2.42. The lowest BCUT2D eigenvalue weighted by Gasteiger charge is -2.39. The number of anilines is 1. The van der Waals surface area contributed by atoms with Crippen LogP contribution in [-0.4, -0.2) is 44.2 Å². The van der Waals surface area contributed by atoms with Crippen molar-refractivity contribution in [2.24, 2.45) is 0 Å². The average molecular weight is 296 g/mol. The van der Waals surface area contributed by atoms with Gasteiger partial charge in [-0.25, -0.2) is 0 Å². The quantitative estimate of drug-likeness (QED) is 0.920. The Morgan fingerprint density at radius 2 is 2.15 bits per heavy atom. The van der Waals surface area contributed by atoms with Crippen LogP contribution in [0, 0.1) is 0 Å². The molecule has 0 radical (unpaired) electrons. The van der Waals surface area contributed by atoms with Gasteiger partial charge in [-0.15, -0.1) is 0 Å². The van der Waals surface area contributed by atoms with E-state index in [9.17, 15) is 0 Å². The van der Waals surface area contributed by atoms with E-state index in [0.29, 0.717) is 12.1 Å². The maximum Gasteiger partial charge on any atom is 0.0474 e. The fourth-order valence-electron chi connectivity index (χ4n) is 2.76. The summed E-state index contributed by atoms with van der Waals surface area (Å²) < 4.78 is 0. The highest BCUT2D eigenvalue weighted by Crippen LogP contribution is 2.29. The van der Waals surface area contributed by atoms with Gasteiger partial charge in [-0.05, 0) is 45.1 Å². The van der Waals surface area contributed by atoms with Crippen molar-refractivity contribution >= 4 is 17.3 Å². The van der Waals surface area contributed by atoms with Gasteiger partial charge in [0.2, 0.25) is 0 Å². The first kappa shape index (κ1) is 15.6. The molecule has 0 aromatic heterocycles. The predicted molar refractivity (Wildman–Crippen MR) is 87.8 cm³/mol. The summed E-state index contributed by atoms with van der Waals surface area (Å²) in [6, 6.07) is 7.36. The lowest BCUT2D eigenvalue weighted by molar-refractivity contribution is 0.234. The minimum Gasteiger partial charge on any atom is -0.369 e. The second-order valence-corrected chi connectivity index (χ2v) is 6.17. The molecule has 3 nitrogen and oxygen atoms in total. The first-order chi connectivity index (χ1) is 9.52. The Kier molecular flexibility index (Phi) is 5.30. The Bertz CT molecular complexity index is 449. The lowest BCUT2D eigenvalue weighted by atomic mass is 10.1. The second kappa shape index (κ2) is 6.79. The summed E-state index contributed by atoms with van der Waals surface area (Å²) in [4.78, 5) is 4.83. The molecule has 0 spiro atoms. The second-order valence-electron chi connectivity index (χ2n) is 5.76. The number of hydrogen-bond donors (Lipinski definition) is 1. The first-order valence-electron chi connectivity index (χ1n) is 7.51. The molecule has 1 fully saturated rings. The van der Waals surface area contributed by atoms with Gasteiger partial charge in [-0.1, -0.05) is 24.6 Å². The van der Waals surface area contributed by atoms with Gasteiger partial charge >= 0.3 is 0 Å². The van der Waals surface area contributed by atoms with Gasteiger partial charge in [0.05, 0.1) is 0 Å². The molecule has 1 N–H and O–H groups in total. The summed E-state index contributed by atoms with van der Waals surface area (Å²) in [5, 5.41) is 4.27. The van der Waals surface area contributed by atoms with Crippen LogP contribution in [0.4, 0.5) is 5.69 Å². The number of piperazine rings is 1. The molecular weight excluding hydrogens is 270 g/mol. The van der Waals surface area contributed by atoms with Crippen LogP contribution >= 0.6 is 11.6 Å². The maximum absolute atomic E-state index is 6.47. The topological polar surface area (TPSA) is 18.5 Å². The van der Waals surface area contributed by atoms with Crippen LogP contribution in [-0.2, 0) is 0 Å². The molecule has 1 aliphatic heterocycles. The van der Waals surface area contributed by atoms with Crippen LogP contribution in [0.3, 0.4) is 0 Å². The first-order valence-corrected chi connectivity index (χ1v) is 7.88. The molecular formula is C16H26ClN3. The molecule has 1 heterocycles. The van der Waals surface area contributed by atoms with Crippen molar-refractivity contribution in [3.63, 3.8) is 0 Å². The van der Waals surface area contributed by atoms with Gasteiger partial charge in [-0.2, -0.15) is 0 Å². The van der Waals surface area contributed by atoms with Gasteiger partial charge in [0, 0.05) is 42.4 Å². The highest BCUT2D eigenvalue weighted by Gasteiger charge is 2.21. The van der Waals surface area contributed by atoms with Crippen LogP contribution < -0.4 is 10.2 Å². The summed E-state index contributed by atoms with van der Waals surface area (Å²) in [5.41, 5.74) is 2.42. The summed E-state index contributed by atoms with van der Waals surface area (Å²) in [6.45, 7) is 10.7. The number of hydrogen-bond acceptors (Lipinski definition) is 3. The molecule has 2 atom stereocenters. The number of rotatable bonds is 4. The number of halogens is 1. The van der Waals surface area contributed by atoms with Crippen LogP contribution in [0.25, 0.3) is 0 Å². The number of benzene rings is 1. The van der Waals surface area contributed by atoms with E-state index in [1.165, 1.54) is 11.3 Å². The third-order valence-electron chi connectivity index (χ3n) is 4.29. The highest BCUT2D eigenvalue weighted by atomic mass is 35.5. The largest absolute Gasteiger partial charge is 0.369 e. The molecule has 0 saturated carbocycles. The van der Waals surface area contributed by atoms with Crippen molar-refractivity contribution < 1.29 is 0 Å². The summed E-state index contributed by atoms with van der Waals surface area (Å²) in [6.07, 6.45) is 0. The van der Waals surface area contributed by atoms with E-state index in [1.54, 1.807) is 0 Å². The molecule has 20 heavy (non-hydrogen) atoms. The van der Waals surface area contributed by atoms with Crippen molar-refractivity contribution in [2.45, 2.75) is 32.9 Å². The maximum atomic E-state index is 6.47. The monoisotopic (exact) mass is 295 g/mol. The van der Waals surface area contributed by atoms with Crippen molar-refractivity contribution in [2.75, 3.05) is 38.1 Å². The Morgan fingerprint density at radius 3 is 2.75 bits per heavy atom. The third-order valence-corrected chi connectivity index (χ3v) is 4.61. The summed E-state index contributed by atoms with van der Waals surface area (Å²) in [5.74, 6) is 0. The molecule has 4 heteroatoms. The van der Waals surface area contributed by atoms with E-state index in [-0.39, 0.29) is 0 Å². The zero-order valence-electron chi connectivity index (χ0n) is 13.0. The van der Waals surface area contributed by atoms with Crippen molar-refractivity contribution in [1.82, 2.24) is 10.2 Å². The zero-order chi connectivity index (χ0) is 14.7. The third kappa shape index (κ3) is 3.46. The van der Waals surface area contributed by atoms with Crippen LogP contribution in [0.2, 0.25) is 5.02 Å². The minimum absolute atomic E-state index is 0.299. The van der Waals surface area contributed by atoms with E-state index >= 15 is 0 Å².